The highest BCUT2D eigenvalue weighted by atomic mass is 35.5. The summed E-state index contributed by atoms with van der Waals surface area (Å²) in [7, 11) is 3.15. The lowest BCUT2D eigenvalue weighted by atomic mass is 10.3. The fraction of sp³-hybridized carbons (Fsp3) is 0.444. The average molecular weight is 202 g/mol. The van der Waals surface area contributed by atoms with E-state index in [2.05, 4.69) is 4.98 Å². The van der Waals surface area contributed by atoms with Crippen molar-refractivity contribution < 1.29 is 9.47 Å². The van der Waals surface area contributed by atoms with E-state index >= 15 is 0 Å². The van der Waals surface area contributed by atoms with Crippen molar-refractivity contribution in [3.63, 3.8) is 0 Å². The number of hydrogen-bond acceptors (Lipinski definition) is 3. The third-order valence-electron chi connectivity index (χ3n) is 1.67. The van der Waals surface area contributed by atoms with Crippen LogP contribution in [0.2, 0.25) is 0 Å². The Kier molecular flexibility index (Phi) is 4.15. The molecular weight excluding hydrogens is 190 g/mol. The standard InChI is InChI=1S/C9H12ClNO2/c1-12-9(13-2)8-4-3-7(5-10)6-11-8/h3-4,6,9H,5H2,1-2H3. The Morgan fingerprint density at radius 2 is 2.08 bits per heavy atom. The molecule has 0 radical (unpaired) electrons. The molecule has 0 bridgehead atoms. The maximum Gasteiger partial charge on any atom is 0.200 e. The second-order valence-corrected chi connectivity index (χ2v) is 2.80. The Labute approximate surface area is 82.6 Å². The van der Waals surface area contributed by atoms with Gasteiger partial charge < -0.3 is 9.47 Å². The fourth-order valence-corrected chi connectivity index (χ4v) is 1.15. The molecule has 72 valence electrons. The highest BCUT2D eigenvalue weighted by Crippen LogP contribution is 2.15. The number of pyridine rings is 1. The van der Waals surface area contributed by atoms with Gasteiger partial charge in [0.15, 0.2) is 0 Å². The highest BCUT2D eigenvalue weighted by Gasteiger charge is 2.09. The molecule has 3 nitrogen and oxygen atoms in total. The van der Waals surface area contributed by atoms with Crippen LogP contribution >= 0.6 is 11.6 Å². The monoisotopic (exact) mass is 201 g/mol. The van der Waals surface area contributed by atoms with Gasteiger partial charge in [-0.2, -0.15) is 0 Å². The number of ether oxygens (including phenoxy) is 2. The summed E-state index contributed by atoms with van der Waals surface area (Å²) in [6.07, 6.45) is 1.32. The molecule has 0 atom stereocenters. The van der Waals surface area contributed by atoms with E-state index in [1.54, 1.807) is 20.4 Å². The predicted molar refractivity (Wildman–Crippen MR) is 50.6 cm³/mol. The van der Waals surface area contributed by atoms with Crippen molar-refractivity contribution in [2.24, 2.45) is 0 Å². The van der Waals surface area contributed by atoms with Crippen LogP contribution in [-0.2, 0) is 15.4 Å². The minimum Gasteiger partial charge on any atom is -0.350 e. The van der Waals surface area contributed by atoms with Crippen molar-refractivity contribution in [1.82, 2.24) is 4.98 Å². The molecule has 0 saturated carbocycles. The van der Waals surface area contributed by atoms with Crippen molar-refractivity contribution in [2.45, 2.75) is 12.2 Å². The van der Waals surface area contributed by atoms with Gasteiger partial charge in [-0.25, -0.2) is 0 Å². The molecule has 1 aromatic rings. The van der Waals surface area contributed by atoms with Crippen LogP contribution in [0.1, 0.15) is 17.5 Å². The summed E-state index contributed by atoms with van der Waals surface area (Å²) in [6.45, 7) is 0. The molecule has 1 aromatic heterocycles. The third-order valence-corrected chi connectivity index (χ3v) is 1.98. The van der Waals surface area contributed by atoms with Gasteiger partial charge in [0.05, 0.1) is 5.69 Å². The van der Waals surface area contributed by atoms with Gasteiger partial charge in [-0.05, 0) is 11.6 Å². The molecule has 0 spiro atoms. The molecule has 13 heavy (non-hydrogen) atoms. The van der Waals surface area contributed by atoms with Crippen molar-refractivity contribution in [2.75, 3.05) is 14.2 Å². The largest absolute Gasteiger partial charge is 0.350 e. The van der Waals surface area contributed by atoms with Crippen LogP contribution in [0.3, 0.4) is 0 Å². The zero-order valence-electron chi connectivity index (χ0n) is 7.66. The highest BCUT2D eigenvalue weighted by molar-refractivity contribution is 6.17. The van der Waals surface area contributed by atoms with Crippen LogP contribution in [-0.4, -0.2) is 19.2 Å². The molecule has 1 heterocycles. The lowest BCUT2D eigenvalue weighted by molar-refractivity contribution is -0.108. The van der Waals surface area contributed by atoms with Gasteiger partial charge in [0, 0.05) is 26.3 Å². The number of rotatable bonds is 4. The van der Waals surface area contributed by atoms with E-state index in [0.717, 1.165) is 11.3 Å². The molecular formula is C9H12ClNO2. The first-order chi connectivity index (χ1) is 6.31. The van der Waals surface area contributed by atoms with E-state index in [4.69, 9.17) is 21.1 Å². The molecule has 4 heteroatoms. The van der Waals surface area contributed by atoms with Gasteiger partial charge in [0.2, 0.25) is 6.29 Å². The molecule has 0 fully saturated rings. The van der Waals surface area contributed by atoms with E-state index < -0.39 is 6.29 Å². The topological polar surface area (TPSA) is 31.4 Å². The quantitative estimate of drug-likeness (QED) is 0.552. The molecule has 0 N–H and O–H groups in total. The molecule has 0 aromatic carbocycles. The maximum absolute atomic E-state index is 5.62. The number of alkyl halides is 1. The molecule has 1 rings (SSSR count). The van der Waals surface area contributed by atoms with Crippen LogP contribution in [0.25, 0.3) is 0 Å². The smallest absolute Gasteiger partial charge is 0.200 e. The molecule has 0 aliphatic carbocycles. The normalized spacial score (nSPS) is 10.8. The first-order valence-electron chi connectivity index (χ1n) is 3.88. The van der Waals surface area contributed by atoms with Crippen LogP contribution in [0.5, 0.6) is 0 Å². The number of nitrogens with zero attached hydrogens (tertiary/aromatic N) is 1. The van der Waals surface area contributed by atoms with Gasteiger partial charge in [-0.15, -0.1) is 11.6 Å². The van der Waals surface area contributed by atoms with Gasteiger partial charge in [0.1, 0.15) is 0 Å². The van der Waals surface area contributed by atoms with Gasteiger partial charge in [-0.3, -0.25) is 4.98 Å². The van der Waals surface area contributed by atoms with E-state index in [-0.39, 0.29) is 0 Å². The summed E-state index contributed by atoms with van der Waals surface area (Å²) < 4.78 is 10.1. The van der Waals surface area contributed by atoms with E-state index in [1.165, 1.54) is 0 Å². The summed E-state index contributed by atoms with van der Waals surface area (Å²) in [5, 5.41) is 0. The minimum absolute atomic E-state index is 0.399. The summed E-state index contributed by atoms with van der Waals surface area (Å²) in [6, 6.07) is 3.75. The summed E-state index contributed by atoms with van der Waals surface area (Å²) in [5.41, 5.74) is 1.73. The van der Waals surface area contributed by atoms with Gasteiger partial charge in [0.25, 0.3) is 0 Å². The van der Waals surface area contributed by atoms with E-state index in [0.29, 0.717) is 5.88 Å². The van der Waals surface area contributed by atoms with Crippen LogP contribution < -0.4 is 0 Å². The zero-order valence-corrected chi connectivity index (χ0v) is 8.41. The van der Waals surface area contributed by atoms with Crippen molar-refractivity contribution in [1.29, 1.82) is 0 Å². The van der Waals surface area contributed by atoms with Crippen molar-refractivity contribution in [3.05, 3.63) is 29.6 Å². The summed E-state index contributed by atoms with van der Waals surface area (Å²) >= 11 is 5.62. The number of methoxy groups -OCH3 is 2. The molecule has 0 aliphatic heterocycles. The summed E-state index contributed by atoms with van der Waals surface area (Å²) in [5.74, 6) is 0.470. The fourth-order valence-electron chi connectivity index (χ4n) is 0.992. The first-order valence-corrected chi connectivity index (χ1v) is 4.41. The Balaban J connectivity index is 2.78. The second-order valence-electron chi connectivity index (χ2n) is 2.53. The maximum atomic E-state index is 5.62. The number of aromatic nitrogens is 1. The number of halogens is 1. The Morgan fingerprint density at radius 1 is 1.38 bits per heavy atom. The van der Waals surface area contributed by atoms with E-state index in [9.17, 15) is 0 Å². The predicted octanol–water partition coefficient (Wildman–Crippen LogP) is 2.11. The second kappa shape index (κ2) is 5.17. The van der Waals surface area contributed by atoms with Crippen molar-refractivity contribution in [3.8, 4) is 0 Å². The van der Waals surface area contributed by atoms with Crippen molar-refractivity contribution >= 4 is 11.6 Å². The Hall–Kier alpha value is -0.640. The SMILES string of the molecule is COC(OC)c1ccc(CCl)cn1. The lowest BCUT2D eigenvalue weighted by Crippen LogP contribution is -2.05. The first kappa shape index (κ1) is 10.4. The molecule has 0 unspecified atom stereocenters. The molecule has 0 amide bonds. The zero-order chi connectivity index (χ0) is 9.68. The molecule has 0 aliphatic rings. The van der Waals surface area contributed by atoms with Gasteiger partial charge >= 0.3 is 0 Å². The minimum atomic E-state index is -0.399. The lowest BCUT2D eigenvalue weighted by Gasteiger charge is -2.12. The van der Waals surface area contributed by atoms with E-state index in [1.807, 2.05) is 12.1 Å². The summed E-state index contributed by atoms with van der Waals surface area (Å²) in [4.78, 5) is 4.16. The third kappa shape index (κ3) is 2.66. The van der Waals surface area contributed by atoms with Gasteiger partial charge in [-0.1, -0.05) is 6.07 Å². The van der Waals surface area contributed by atoms with Crippen LogP contribution in [0, 0.1) is 0 Å². The van der Waals surface area contributed by atoms with Crippen LogP contribution in [0.4, 0.5) is 0 Å². The Bertz CT molecular complexity index is 246. The Morgan fingerprint density at radius 3 is 2.46 bits per heavy atom. The van der Waals surface area contributed by atoms with Crippen LogP contribution in [0.15, 0.2) is 18.3 Å². The number of hydrogen-bond donors (Lipinski definition) is 0. The molecule has 0 saturated heterocycles. The average Bonchev–Trinajstić information content (AvgIpc) is 2.21.